The van der Waals surface area contributed by atoms with Crippen molar-refractivity contribution in [2.45, 2.75) is 31.3 Å². The molecular weight excluding hydrogens is 499 g/mol. The average Bonchev–Trinajstić information content (AvgIpc) is 3.08. The zero-order valence-electron chi connectivity index (χ0n) is 20.3. The van der Waals surface area contributed by atoms with Crippen LogP contribution in [0.15, 0.2) is 48.8 Å². The lowest BCUT2D eigenvalue weighted by atomic mass is 9.85. The molecule has 0 bridgehead atoms. The number of benzene rings is 1. The molecule has 2 fully saturated rings. The molecule has 4 rings (SSSR count). The molecule has 0 atom stereocenters. The van der Waals surface area contributed by atoms with E-state index in [2.05, 4.69) is 9.88 Å². The number of pyridine rings is 1. The van der Waals surface area contributed by atoms with Crippen LogP contribution in [-0.4, -0.2) is 82.4 Å². The Morgan fingerprint density at radius 2 is 1.86 bits per heavy atom. The Balaban J connectivity index is 1.21. The molecule has 0 radical (unpaired) electrons. The van der Waals surface area contributed by atoms with E-state index in [9.17, 15) is 14.7 Å². The second-order valence-corrected chi connectivity index (χ2v) is 10.2. The standard InChI is InChI=1S/C27H32Cl2N4O3/c28-23-6-4-21(19-24(23)29)5-7-25(34)33-14-8-26(35)32(17-18-33)13-2-12-31-15-9-27(36,10-16-31)22-3-1-11-30-20-22/h1,3-7,11,19-20,36H,2,8-10,12-18H2. The molecule has 0 saturated carbocycles. The maximum Gasteiger partial charge on any atom is 0.246 e. The number of amides is 2. The van der Waals surface area contributed by atoms with Crippen molar-refractivity contribution in [2.75, 3.05) is 45.8 Å². The summed E-state index contributed by atoms with van der Waals surface area (Å²) in [6.07, 6.45) is 9.23. The maximum absolute atomic E-state index is 12.7. The Labute approximate surface area is 222 Å². The van der Waals surface area contributed by atoms with Crippen LogP contribution in [-0.2, 0) is 15.2 Å². The third-order valence-electron chi connectivity index (χ3n) is 7.05. The number of hydrogen-bond donors (Lipinski definition) is 1. The van der Waals surface area contributed by atoms with Crippen LogP contribution in [0.4, 0.5) is 0 Å². The van der Waals surface area contributed by atoms with Gasteiger partial charge in [0.1, 0.15) is 0 Å². The summed E-state index contributed by atoms with van der Waals surface area (Å²) in [5.74, 6) is -0.0338. The lowest BCUT2D eigenvalue weighted by molar-refractivity contribution is -0.130. The van der Waals surface area contributed by atoms with Crippen molar-refractivity contribution in [1.29, 1.82) is 0 Å². The molecule has 2 saturated heterocycles. The molecule has 1 aromatic carbocycles. The van der Waals surface area contributed by atoms with Gasteiger partial charge in [-0.2, -0.15) is 0 Å². The number of rotatable bonds is 7. The van der Waals surface area contributed by atoms with Gasteiger partial charge in [0.25, 0.3) is 0 Å². The highest BCUT2D eigenvalue weighted by molar-refractivity contribution is 6.42. The molecule has 2 aliphatic rings. The molecule has 9 heteroatoms. The van der Waals surface area contributed by atoms with Gasteiger partial charge in [-0.25, -0.2) is 0 Å². The van der Waals surface area contributed by atoms with E-state index in [0.717, 1.165) is 37.2 Å². The summed E-state index contributed by atoms with van der Waals surface area (Å²) < 4.78 is 0. The minimum Gasteiger partial charge on any atom is -0.385 e. The van der Waals surface area contributed by atoms with Crippen molar-refractivity contribution in [2.24, 2.45) is 0 Å². The van der Waals surface area contributed by atoms with Gasteiger partial charge in [-0.15, -0.1) is 0 Å². The predicted octanol–water partition coefficient (Wildman–Crippen LogP) is 3.84. The first-order valence-electron chi connectivity index (χ1n) is 12.4. The summed E-state index contributed by atoms with van der Waals surface area (Å²) in [6, 6.07) is 9.00. The molecule has 0 unspecified atom stereocenters. The summed E-state index contributed by atoms with van der Waals surface area (Å²) in [4.78, 5) is 35.4. The van der Waals surface area contributed by atoms with Gasteiger partial charge in [0.05, 0.1) is 15.6 Å². The van der Waals surface area contributed by atoms with E-state index < -0.39 is 5.60 Å². The molecule has 2 aromatic rings. The average molecular weight is 531 g/mol. The van der Waals surface area contributed by atoms with Gasteiger partial charge in [0.2, 0.25) is 11.8 Å². The number of piperidine rings is 1. The molecule has 0 aliphatic carbocycles. The van der Waals surface area contributed by atoms with Crippen molar-refractivity contribution in [1.82, 2.24) is 19.7 Å². The van der Waals surface area contributed by atoms with Gasteiger partial charge in [0.15, 0.2) is 0 Å². The maximum atomic E-state index is 12.7. The highest BCUT2D eigenvalue weighted by atomic mass is 35.5. The van der Waals surface area contributed by atoms with Crippen molar-refractivity contribution in [3.05, 3.63) is 70.0 Å². The summed E-state index contributed by atoms with van der Waals surface area (Å²) in [5.41, 5.74) is 0.864. The lowest BCUT2D eigenvalue weighted by Gasteiger charge is -2.38. The molecule has 192 valence electrons. The highest BCUT2D eigenvalue weighted by Crippen LogP contribution is 2.32. The normalized spacial score (nSPS) is 19.0. The smallest absolute Gasteiger partial charge is 0.246 e. The van der Waals surface area contributed by atoms with Crippen LogP contribution in [0.25, 0.3) is 6.08 Å². The Morgan fingerprint density at radius 3 is 2.58 bits per heavy atom. The second-order valence-electron chi connectivity index (χ2n) is 9.43. The fraction of sp³-hybridized carbons (Fsp3) is 0.444. The predicted molar refractivity (Wildman–Crippen MR) is 142 cm³/mol. The Hall–Kier alpha value is -2.45. The molecule has 2 aliphatic heterocycles. The molecule has 7 nitrogen and oxygen atoms in total. The van der Waals surface area contributed by atoms with E-state index in [1.807, 2.05) is 17.0 Å². The number of hydrogen-bond acceptors (Lipinski definition) is 5. The molecule has 1 aromatic heterocycles. The third kappa shape index (κ3) is 6.85. The van der Waals surface area contributed by atoms with Crippen LogP contribution in [0.1, 0.15) is 36.8 Å². The number of carbonyl (C=O) groups is 2. The van der Waals surface area contributed by atoms with Crippen LogP contribution in [0.3, 0.4) is 0 Å². The summed E-state index contributed by atoms with van der Waals surface area (Å²) in [6.45, 7) is 4.63. The topological polar surface area (TPSA) is 77.0 Å². The highest BCUT2D eigenvalue weighted by Gasteiger charge is 2.34. The van der Waals surface area contributed by atoms with E-state index in [0.29, 0.717) is 55.5 Å². The first-order chi connectivity index (χ1) is 17.3. The van der Waals surface area contributed by atoms with Gasteiger partial charge in [-0.05, 0) is 55.6 Å². The molecule has 0 spiro atoms. The molecular formula is C27H32Cl2N4O3. The van der Waals surface area contributed by atoms with Crippen molar-refractivity contribution in [3.8, 4) is 0 Å². The second kappa shape index (κ2) is 12.2. The van der Waals surface area contributed by atoms with Crippen molar-refractivity contribution in [3.63, 3.8) is 0 Å². The number of likely N-dealkylation sites (tertiary alicyclic amines) is 1. The van der Waals surface area contributed by atoms with E-state index in [4.69, 9.17) is 23.2 Å². The largest absolute Gasteiger partial charge is 0.385 e. The van der Waals surface area contributed by atoms with Crippen molar-refractivity contribution < 1.29 is 14.7 Å². The molecule has 1 N–H and O–H groups in total. The first kappa shape index (κ1) is 26.6. The minimum absolute atomic E-state index is 0.0864. The van der Waals surface area contributed by atoms with E-state index in [1.165, 1.54) is 6.08 Å². The van der Waals surface area contributed by atoms with Crippen LogP contribution >= 0.6 is 23.2 Å². The zero-order valence-corrected chi connectivity index (χ0v) is 21.8. The summed E-state index contributed by atoms with van der Waals surface area (Å²) in [5, 5.41) is 11.9. The summed E-state index contributed by atoms with van der Waals surface area (Å²) in [7, 11) is 0. The van der Waals surface area contributed by atoms with Crippen LogP contribution in [0, 0.1) is 0 Å². The quantitative estimate of drug-likeness (QED) is 0.550. The first-order valence-corrected chi connectivity index (χ1v) is 13.1. The molecule has 2 amide bonds. The van der Waals surface area contributed by atoms with Gasteiger partial charge < -0.3 is 19.8 Å². The number of carbonyl (C=O) groups excluding carboxylic acids is 2. The summed E-state index contributed by atoms with van der Waals surface area (Å²) >= 11 is 12.0. The Bertz CT molecular complexity index is 1090. The van der Waals surface area contributed by atoms with Gasteiger partial charge in [0, 0.05) is 69.7 Å². The fourth-order valence-corrected chi connectivity index (χ4v) is 5.08. The SMILES string of the molecule is O=C(C=Cc1ccc(Cl)c(Cl)c1)N1CCC(=O)N(CCCN2CCC(O)(c3cccnc3)CC2)CC1. The van der Waals surface area contributed by atoms with Crippen LogP contribution in [0.2, 0.25) is 10.0 Å². The van der Waals surface area contributed by atoms with E-state index in [-0.39, 0.29) is 11.8 Å². The lowest BCUT2D eigenvalue weighted by Crippen LogP contribution is -2.43. The van der Waals surface area contributed by atoms with Gasteiger partial charge in [-0.3, -0.25) is 14.6 Å². The van der Waals surface area contributed by atoms with Gasteiger partial charge in [-0.1, -0.05) is 35.3 Å². The van der Waals surface area contributed by atoms with Crippen LogP contribution < -0.4 is 0 Å². The zero-order chi connectivity index (χ0) is 25.5. The number of halogens is 2. The Morgan fingerprint density at radius 1 is 1.06 bits per heavy atom. The monoisotopic (exact) mass is 530 g/mol. The number of nitrogens with zero attached hydrogens (tertiary/aromatic N) is 4. The van der Waals surface area contributed by atoms with Crippen LogP contribution in [0.5, 0.6) is 0 Å². The fourth-order valence-electron chi connectivity index (χ4n) is 4.77. The van der Waals surface area contributed by atoms with E-state index >= 15 is 0 Å². The molecule has 36 heavy (non-hydrogen) atoms. The van der Waals surface area contributed by atoms with Gasteiger partial charge >= 0.3 is 0 Å². The number of aliphatic hydroxyl groups is 1. The van der Waals surface area contributed by atoms with E-state index in [1.54, 1.807) is 41.6 Å². The number of aromatic nitrogens is 1. The third-order valence-corrected chi connectivity index (χ3v) is 7.79. The molecule has 3 heterocycles. The Kier molecular flexibility index (Phi) is 9.01. The van der Waals surface area contributed by atoms with Crippen molar-refractivity contribution >= 4 is 41.1 Å². The minimum atomic E-state index is -0.810.